The number of nitrogens with zero attached hydrogens (tertiary/aromatic N) is 5. The fourth-order valence-electron chi connectivity index (χ4n) is 3.27. The number of rotatable bonds is 5. The summed E-state index contributed by atoms with van der Waals surface area (Å²) in [6.07, 6.45) is 4.55. The molecule has 0 amide bonds. The lowest BCUT2D eigenvalue weighted by molar-refractivity contribution is 0.0697. The van der Waals surface area contributed by atoms with E-state index >= 15 is 0 Å². The number of ether oxygens (including phenoxy) is 1. The van der Waals surface area contributed by atoms with Gasteiger partial charge in [0.1, 0.15) is 5.75 Å². The summed E-state index contributed by atoms with van der Waals surface area (Å²) in [6, 6.07) is 6.46. The molecule has 26 heavy (non-hydrogen) atoms. The number of aromatic nitrogens is 3. The molecule has 4 rings (SSSR count). The van der Waals surface area contributed by atoms with Crippen molar-refractivity contribution in [1.82, 2.24) is 15.0 Å². The zero-order chi connectivity index (χ0) is 17.9. The van der Waals surface area contributed by atoms with Gasteiger partial charge in [0.2, 0.25) is 11.9 Å². The molecule has 2 fully saturated rings. The summed E-state index contributed by atoms with van der Waals surface area (Å²) in [5, 5.41) is 9.00. The molecule has 1 aromatic heterocycles. The summed E-state index contributed by atoms with van der Waals surface area (Å²) in [6.45, 7) is 3.76. The van der Waals surface area contributed by atoms with E-state index in [1.165, 1.54) is 12.1 Å². The maximum absolute atomic E-state index is 11.0. The Morgan fingerprint density at radius 3 is 1.81 bits per heavy atom. The molecule has 0 radical (unpaired) electrons. The Labute approximate surface area is 151 Å². The smallest absolute Gasteiger partial charge is 0.335 e. The van der Waals surface area contributed by atoms with E-state index in [0.29, 0.717) is 17.6 Å². The molecule has 0 spiro atoms. The van der Waals surface area contributed by atoms with Crippen LogP contribution in [0.3, 0.4) is 0 Å². The standard InChI is InChI=1S/C18H21N5O3/c24-15(25)13-5-7-14(8-6-13)26-18-20-16(22-9-1-2-10-22)19-17(21-18)23-11-3-4-12-23/h5-8H,1-4,9-12H2,(H,24,25). The molecule has 0 atom stereocenters. The van der Waals surface area contributed by atoms with Crippen LogP contribution in [0.25, 0.3) is 0 Å². The average Bonchev–Trinajstić information content (AvgIpc) is 3.36. The van der Waals surface area contributed by atoms with Crippen molar-refractivity contribution >= 4 is 17.9 Å². The first-order chi connectivity index (χ1) is 12.7. The molecular weight excluding hydrogens is 334 g/mol. The number of hydrogen-bond donors (Lipinski definition) is 1. The first-order valence-corrected chi connectivity index (χ1v) is 8.96. The number of carboxylic acid groups (broad SMARTS) is 1. The number of aromatic carboxylic acids is 1. The van der Waals surface area contributed by atoms with Gasteiger partial charge in [0.05, 0.1) is 5.56 Å². The van der Waals surface area contributed by atoms with E-state index in [1.54, 1.807) is 12.1 Å². The van der Waals surface area contributed by atoms with Gasteiger partial charge in [-0.05, 0) is 49.9 Å². The molecule has 2 saturated heterocycles. The molecule has 0 unspecified atom stereocenters. The van der Waals surface area contributed by atoms with Crippen LogP contribution in [-0.4, -0.2) is 52.2 Å². The van der Waals surface area contributed by atoms with Gasteiger partial charge in [-0.2, -0.15) is 15.0 Å². The Morgan fingerprint density at radius 2 is 1.35 bits per heavy atom. The highest BCUT2D eigenvalue weighted by Gasteiger charge is 2.22. The molecule has 3 heterocycles. The van der Waals surface area contributed by atoms with Gasteiger partial charge in [-0.15, -0.1) is 0 Å². The van der Waals surface area contributed by atoms with Crippen LogP contribution in [0.15, 0.2) is 24.3 Å². The molecule has 2 aromatic rings. The van der Waals surface area contributed by atoms with E-state index < -0.39 is 5.97 Å². The molecule has 0 bridgehead atoms. The van der Waals surface area contributed by atoms with Gasteiger partial charge in [-0.25, -0.2) is 4.79 Å². The normalized spacial score (nSPS) is 16.9. The molecule has 2 aliphatic rings. The summed E-state index contributed by atoms with van der Waals surface area (Å²) in [4.78, 5) is 28.9. The van der Waals surface area contributed by atoms with Crippen molar-refractivity contribution in [3.8, 4) is 11.8 Å². The summed E-state index contributed by atoms with van der Waals surface area (Å²) in [5.74, 6) is 0.832. The van der Waals surface area contributed by atoms with Gasteiger partial charge in [0, 0.05) is 26.2 Å². The Hall–Kier alpha value is -2.90. The van der Waals surface area contributed by atoms with Crippen LogP contribution in [0, 0.1) is 0 Å². The quantitative estimate of drug-likeness (QED) is 0.875. The lowest BCUT2D eigenvalue weighted by Crippen LogP contribution is -2.25. The van der Waals surface area contributed by atoms with Crippen LogP contribution in [0.1, 0.15) is 36.0 Å². The van der Waals surface area contributed by atoms with Crippen molar-refractivity contribution in [2.75, 3.05) is 36.0 Å². The summed E-state index contributed by atoms with van der Waals surface area (Å²) >= 11 is 0. The van der Waals surface area contributed by atoms with Crippen molar-refractivity contribution in [3.05, 3.63) is 29.8 Å². The van der Waals surface area contributed by atoms with Gasteiger partial charge in [-0.1, -0.05) is 0 Å². The summed E-state index contributed by atoms with van der Waals surface area (Å²) < 4.78 is 5.81. The van der Waals surface area contributed by atoms with Crippen molar-refractivity contribution in [1.29, 1.82) is 0 Å². The minimum atomic E-state index is -0.968. The molecule has 0 saturated carbocycles. The molecule has 2 aliphatic heterocycles. The van der Waals surface area contributed by atoms with Crippen LogP contribution in [0.4, 0.5) is 11.9 Å². The van der Waals surface area contributed by atoms with E-state index in [0.717, 1.165) is 51.9 Å². The molecule has 1 aromatic carbocycles. The van der Waals surface area contributed by atoms with Crippen LogP contribution >= 0.6 is 0 Å². The summed E-state index contributed by atoms with van der Waals surface area (Å²) in [5.41, 5.74) is 0.212. The Balaban J connectivity index is 1.61. The Bertz CT molecular complexity index is 750. The highest BCUT2D eigenvalue weighted by atomic mass is 16.5. The van der Waals surface area contributed by atoms with Crippen molar-refractivity contribution in [2.45, 2.75) is 25.7 Å². The lowest BCUT2D eigenvalue weighted by atomic mass is 10.2. The highest BCUT2D eigenvalue weighted by molar-refractivity contribution is 5.87. The minimum absolute atomic E-state index is 0.212. The molecular formula is C18H21N5O3. The fraction of sp³-hybridized carbons (Fsp3) is 0.444. The monoisotopic (exact) mass is 355 g/mol. The third-order valence-electron chi connectivity index (χ3n) is 4.68. The van der Waals surface area contributed by atoms with Crippen LogP contribution in [0.2, 0.25) is 0 Å². The molecule has 8 heteroatoms. The summed E-state index contributed by atoms with van der Waals surface area (Å²) in [7, 11) is 0. The van der Waals surface area contributed by atoms with Gasteiger partial charge in [0.25, 0.3) is 0 Å². The number of carbonyl (C=O) groups is 1. The maximum Gasteiger partial charge on any atom is 0.335 e. The SMILES string of the molecule is O=C(O)c1ccc(Oc2nc(N3CCCC3)nc(N3CCCC3)n2)cc1. The third-order valence-corrected chi connectivity index (χ3v) is 4.68. The highest BCUT2D eigenvalue weighted by Crippen LogP contribution is 2.26. The van der Waals surface area contributed by atoms with E-state index in [4.69, 9.17) is 9.84 Å². The third kappa shape index (κ3) is 3.54. The van der Waals surface area contributed by atoms with Gasteiger partial charge >= 0.3 is 12.0 Å². The fourth-order valence-corrected chi connectivity index (χ4v) is 3.27. The topological polar surface area (TPSA) is 91.7 Å². The second kappa shape index (κ2) is 7.15. The van der Waals surface area contributed by atoms with Crippen molar-refractivity contribution in [2.24, 2.45) is 0 Å². The van der Waals surface area contributed by atoms with Gasteiger partial charge in [0.15, 0.2) is 0 Å². The molecule has 8 nitrogen and oxygen atoms in total. The number of carboxylic acids is 1. The van der Waals surface area contributed by atoms with Gasteiger partial charge in [-0.3, -0.25) is 0 Å². The second-order valence-electron chi connectivity index (χ2n) is 6.54. The predicted octanol–water partition coefficient (Wildman–Crippen LogP) is 2.56. The zero-order valence-electron chi connectivity index (χ0n) is 14.5. The minimum Gasteiger partial charge on any atom is -0.478 e. The first-order valence-electron chi connectivity index (χ1n) is 8.96. The molecule has 1 N–H and O–H groups in total. The van der Waals surface area contributed by atoms with Crippen LogP contribution in [-0.2, 0) is 0 Å². The maximum atomic E-state index is 11.0. The predicted molar refractivity (Wildman–Crippen MR) is 96.2 cm³/mol. The molecule has 0 aliphatic carbocycles. The average molecular weight is 355 g/mol. The Kier molecular flexibility index (Phi) is 4.55. The van der Waals surface area contributed by atoms with E-state index in [-0.39, 0.29) is 11.6 Å². The number of anilines is 2. The van der Waals surface area contributed by atoms with Crippen molar-refractivity contribution < 1.29 is 14.6 Å². The zero-order valence-corrected chi connectivity index (χ0v) is 14.5. The van der Waals surface area contributed by atoms with Crippen molar-refractivity contribution in [3.63, 3.8) is 0 Å². The van der Waals surface area contributed by atoms with Gasteiger partial charge < -0.3 is 19.6 Å². The van der Waals surface area contributed by atoms with Crippen LogP contribution in [0.5, 0.6) is 11.8 Å². The van der Waals surface area contributed by atoms with E-state index in [1.807, 2.05) is 0 Å². The van der Waals surface area contributed by atoms with E-state index in [9.17, 15) is 4.79 Å². The lowest BCUT2D eigenvalue weighted by Gasteiger charge is -2.20. The first kappa shape index (κ1) is 16.6. The number of hydrogen-bond acceptors (Lipinski definition) is 7. The van der Waals surface area contributed by atoms with E-state index in [2.05, 4.69) is 24.8 Å². The molecule has 136 valence electrons. The second-order valence-corrected chi connectivity index (χ2v) is 6.54. The van der Waals surface area contributed by atoms with Crippen LogP contribution < -0.4 is 14.5 Å². The Morgan fingerprint density at radius 1 is 0.846 bits per heavy atom. The largest absolute Gasteiger partial charge is 0.478 e. The number of benzene rings is 1.